The summed E-state index contributed by atoms with van der Waals surface area (Å²) in [5, 5.41) is 10.0. The molecule has 138 valence electrons. The zero-order chi connectivity index (χ0) is 18.4. The van der Waals surface area contributed by atoms with Gasteiger partial charge >= 0.3 is 17.6 Å². The fraction of sp³-hybridized carbons (Fsp3) is 0.571. The smallest absolute Gasteiger partial charge is 0.351 e. The van der Waals surface area contributed by atoms with Crippen molar-refractivity contribution in [3.05, 3.63) is 22.7 Å². The van der Waals surface area contributed by atoms with E-state index in [1.165, 1.54) is 19.4 Å². The summed E-state index contributed by atoms with van der Waals surface area (Å²) < 4.78 is 20.7. The van der Waals surface area contributed by atoms with Gasteiger partial charge in [0.25, 0.3) is 0 Å². The Hall–Kier alpha value is -2.50. The van der Waals surface area contributed by atoms with Crippen LogP contribution in [-0.4, -0.2) is 65.7 Å². The van der Waals surface area contributed by atoms with Crippen molar-refractivity contribution in [1.29, 1.82) is 0 Å². The molecule has 3 unspecified atom stereocenters. The van der Waals surface area contributed by atoms with Crippen LogP contribution < -0.4 is 11.4 Å². The molecule has 2 rings (SSSR count). The molecule has 11 heteroatoms. The fourth-order valence-corrected chi connectivity index (χ4v) is 2.21. The molecule has 1 aromatic heterocycles. The third-order valence-corrected chi connectivity index (χ3v) is 3.39. The van der Waals surface area contributed by atoms with Crippen LogP contribution in [0.1, 0.15) is 12.6 Å². The van der Waals surface area contributed by atoms with Crippen molar-refractivity contribution in [2.75, 3.05) is 32.7 Å². The van der Waals surface area contributed by atoms with Gasteiger partial charge in [-0.1, -0.05) is 0 Å². The first-order valence-corrected chi connectivity index (χ1v) is 7.39. The van der Waals surface area contributed by atoms with Gasteiger partial charge in [0.2, 0.25) is 0 Å². The van der Waals surface area contributed by atoms with Gasteiger partial charge in [-0.3, -0.25) is 4.57 Å². The van der Waals surface area contributed by atoms with Crippen molar-refractivity contribution in [3.8, 4) is 0 Å². The number of aromatic nitrogens is 2. The average Bonchev–Trinajstić information content (AvgIpc) is 2.93. The van der Waals surface area contributed by atoms with Gasteiger partial charge in [0.15, 0.2) is 6.23 Å². The van der Waals surface area contributed by atoms with Crippen molar-refractivity contribution in [1.82, 2.24) is 9.55 Å². The fourth-order valence-electron chi connectivity index (χ4n) is 2.21. The summed E-state index contributed by atoms with van der Waals surface area (Å²) in [5.41, 5.74) is 4.76. The lowest BCUT2D eigenvalue weighted by Crippen LogP contribution is -2.32. The third-order valence-electron chi connectivity index (χ3n) is 3.39. The minimum absolute atomic E-state index is 0.0613. The highest BCUT2D eigenvalue weighted by Gasteiger charge is 2.36. The molecule has 2 heterocycles. The lowest BCUT2D eigenvalue weighted by molar-refractivity contribution is -0.157. The van der Waals surface area contributed by atoms with Crippen LogP contribution in [0.15, 0.2) is 17.1 Å². The molecule has 1 fully saturated rings. The highest BCUT2D eigenvalue weighted by atomic mass is 16.6. The summed E-state index contributed by atoms with van der Waals surface area (Å²) in [6.07, 6.45) is -0.984. The second-order valence-electron chi connectivity index (χ2n) is 5.25. The zero-order valence-corrected chi connectivity index (χ0v) is 13.5. The number of ether oxygens (including phenoxy) is 4. The highest BCUT2D eigenvalue weighted by molar-refractivity contribution is 5.73. The Balaban J connectivity index is 1.80. The van der Waals surface area contributed by atoms with Gasteiger partial charge in [0, 0.05) is 12.6 Å². The number of carbonyl (C=O) groups is 2. The minimum atomic E-state index is -0.970. The van der Waals surface area contributed by atoms with Crippen LogP contribution in [0.3, 0.4) is 0 Å². The monoisotopic (exact) mass is 357 g/mol. The molecule has 1 aromatic rings. The molecule has 1 aliphatic rings. The maximum Gasteiger partial charge on any atom is 0.351 e. The summed E-state index contributed by atoms with van der Waals surface area (Å²) in [5.74, 6) is -1.25. The molecule has 0 bridgehead atoms. The van der Waals surface area contributed by atoms with E-state index in [0.717, 1.165) is 4.57 Å². The summed E-state index contributed by atoms with van der Waals surface area (Å²) in [6.45, 7) is -0.917. The minimum Gasteiger partial charge on any atom is -0.467 e. The van der Waals surface area contributed by atoms with Gasteiger partial charge in [-0.2, -0.15) is 4.98 Å². The normalized spacial score (nSPS) is 22.6. The number of nitrogen functional groups attached to an aromatic ring is 1. The van der Waals surface area contributed by atoms with Crippen LogP contribution in [0.4, 0.5) is 5.82 Å². The molecular weight excluding hydrogens is 338 g/mol. The number of methoxy groups -OCH3 is 1. The second-order valence-corrected chi connectivity index (χ2v) is 5.25. The van der Waals surface area contributed by atoms with Gasteiger partial charge in [-0.05, 0) is 6.07 Å². The molecule has 25 heavy (non-hydrogen) atoms. The standard InChI is InChI=1S/C14H19N3O8/c1-22-11(19)6-23-7-12(20)24-5-8-4-9(18)13(25-8)17-3-2-10(15)16-14(17)21/h2-3,8-9,13,18H,4-7H2,1H3,(H2,15,16,21). The number of esters is 2. The van der Waals surface area contributed by atoms with E-state index in [9.17, 15) is 19.5 Å². The molecule has 0 amide bonds. The van der Waals surface area contributed by atoms with Gasteiger partial charge in [-0.25, -0.2) is 14.4 Å². The predicted molar refractivity (Wildman–Crippen MR) is 81.2 cm³/mol. The molecule has 0 radical (unpaired) electrons. The van der Waals surface area contributed by atoms with Crippen LogP contribution in [0.5, 0.6) is 0 Å². The number of carbonyl (C=O) groups excluding carboxylic acids is 2. The number of rotatable bonds is 7. The summed E-state index contributed by atoms with van der Waals surface area (Å²) in [4.78, 5) is 37.7. The molecule has 3 N–H and O–H groups in total. The van der Waals surface area contributed by atoms with E-state index in [-0.39, 0.29) is 25.5 Å². The number of anilines is 1. The molecule has 0 aliphatic carbocycles. The maximum absolute atomic E-state index is 11.8. The largest absolute Gasteiger partial charge is 0.467 e. The first kappa shape index (κ1) is 18.8. The van der Waals surface area contributed by atoms with Crippen LogP contribution in [0.2, 0.25) is 0 Å². The van der Waals surface area contributed by atoms with Crippen molar-refractivity contribution in [2.24, 2.45) is 0 Å². The van der Waals surface area contributed by atoms with Gasteiger partial charge in [-0.15, -0.1) is 0 Å². The molecule has 0 saturated carbocycles. The lowest BCUT2D eigenvalue weighted by Gasteiger charge is -2.17. The highest BCUT2D eigenvalue weighted by Crippen LogP contribution is 2.27. The first-order valence-electron chi connectivity index (χ1n) is 7.39. The zero-order valence-electron chi connectivity index (χ0n) is 13.5. The Kier molecular flexibility index (Phi) is 6.44. The summed E-state index contributed by atoms with van der Waals surface area (Å²) in [7, 11) is 1.20. The predicted octanol–water partition coefficient (Wildman–Crippen LogP) is -1.79. The SMILES string of the molecule is COC(=O)COCC(=O)OCC1CC(O)C(n2ccc(N)nc2=O)O1. The van der Waals surface area contributed by atoms with Crippen molar-refractivity contribution < 1.29 is 33.6 Å². The van der Waals surface area contributed by atoms with E-state index in [2.05, 4.69) is 9.72 Å². The number of aliphatic hydroxyl groups is 1. The van der Waals surface area contributed by atoms with Crippen LogP contribution in [-0.2, 0) is 28.5 Å². The number of aliphatic hydroxyl groups excluding tert-OH is 1. The first-order chi connectivity index (χ1) is 11.9. The van der Waals surface area contributed by atoms with E-state index in [1.807, 2.05) is 0 Å². The molecule has 0 spiro atoms. The molecule has 0 aromatic carbocycles. The molecule has 1 aliphatic heterocycles. The summed E-state index contributed by atoms with van der Waals surface area (Å²) in [6, 6.07) is 1.41. The quantitative estimate of drug-likeness (QED) is 0.535. The molecular formula is C14H19N3O8. The molecule has 11 nitrogen and oxygen atoms in total. The van der Waals surface area contributed by atoms with E-state index in [0.29, 0.717) is 0 Å². The number of nitrogens with two attached hydrogens (primary N) is 1. The Morgan fingerprint density at radius 1 is 1.44 bits per heavy atom. The Bertz CT molecular complexity index is 676. The number of nitrogens with zero attached hydrogens (tertiary/aromatic N) is 2. The van der Waals surface area contributed by atoms with Crippen LogP contribution in [0, 0.1) is 0 Å². The van der Waals surface area contributed by atoms with E-state index < -0.39 is 42.7 Å². The van der Waals surface area contributed by atoms with E-state index >= 15 is 0 Å². The summed E-state index contributed by atoms with van der Waals surface area (Å²) >= 11 is 0. The van der Waals surface area contributed by atoms with Crippen LogP contribution in [0.25, 0.3) is 0 Å². The average molecular weight is 357 g/mol. The number of hydrogen-bond acceptors (Lipinski definition) is 10. The van der Waals surface area contributed by atoms with Crippen LogP contribution >= 0.6 is 0 Å². The van der Waals surface area contributed by atoms with Crippen molar-refractivity contribution in [2.45, 2.75) is 24.9 Å². The van der Waals surface area contributed by atoms with Gasteiger partial charge in [0.1, 0.15) is 31.7 Å². The van der Waals surface area contributed by atoms with E-state index in [1.54, 1.807) is 0 Å². The van der Waals surface area contributed by atoms with Gasteiger partial charge in [0.05, 0.1) is 13.2 Å². The topological polar surface area (TPSA) is 152 Å². The lowest BCUT2D eigenvalue weighted by atomic mass is 10.2. The Morgan fingerprint density at radius 3 is 2.84 bits per heavy atom. The van der Waals surface area contributed by atoms with Crippen molar-refractivity contribution >= 4 is 17.8 Å². The third kappa shape index (κ3) is 5.24. The Morgan fingerprint density at radius 2 is 2.16 bits per heavy atom. The number of hydrogen-bond donors (Lipinski definition) is 2. The molecule has 1 saturated heterocycles. The van der Waals surface area contributed by atoms with E-state index in [4.69, 9.17) is 19.9 Å². The maximum atomic E-state index is 11.8. The van der Waals surface area contributed by atoms with Crippen molar-refractivity contribution in [3.63, 3.8) is 0 Å². The second kappa shape index (κ2) is 8.55. The van der Waals surface area contributed by atoms with Gasteiger partial charge < -0.3 is 29.8 Å². The molecule has 3 atom stereocenters. The Labute approximate surface area is 142 Å².